The number of hydrogen-bond donors (Lipinski definition) is 5. The summed E-state index contributed by atoms with van der Waals surface area (Å²) < 4.78 is 0. The van der Waals surface area contributed by atoms with E-state index in [-0.39, 0.29) is 37.2 Å². The number of hydrogen-bond acceptors (Lipinski definition) is 4. The first-order valence-corrected chi connectivity index (χ1v) is 14.8. The maximum Gasteiger partial charge on any atom is 0.243 e. The van der Waals surface area contributed by atoms with Crippen LogP contribution in [0.4, 0.5) is 0 Å². The monoisotopic (exact) mass is 587 g/mol. The second-order valence-electron chi connectivity index (χ2n) is 10.8. The number of benzene rings is 3. The topological polar surface area (TPSA) is 137 Å². The van der Waals surface area contributed by atoms with E-state index in [9.17, 15) is 14.4 Å². The van der Waals surface area contributed by atoms with Gasteiger partial charge in [0.15, 0.2) is 0 Å². The van der Waals surface area contributed by atoms with Crippen LogP contribution in [0.25, 0.3) is 0 Å². The summed E-state index contributed by atoms with van der Waals surface area (Å²) in [5.74, 6) is -2.34. The fourth-order valence-corrected chi connectivity index (χ4v) is 5.55. The Morgan fingerprint density at radius 1 is 0.786 bits per heavy atom. The van der Waals surface area contributed by atoms with E-state index in [2.05, 4.69) is 16.0 Å². The van der Waals surface area contributed by atoms with Crippen LogP contribution < -0.4 is 21.7 Å². The average Bonchev–Trinajstić information content (AvgIpc) is 3.01. The molecule has 1 saturated carbocycles. The van der Waals surface area contributed by atoms with Gasteiger partial charge in [0.1, 0.15) is 17.8 Å². The SMILES string of the molecule is N=C(N)c1ccc(CC(C(=O)NCc2ccccc2)C(=O)N[C@H](C(=O)NCc2cccc(Cl)c2)C2CCCCC2)cc1. The lowest BCUT2D eigenvalue weighted by Crippen LogP contribution is -2.54. The van der Waals surface area contributed by atoms with Crippen molar-refractivity contribution in [2.75, 3.05) is 0 Å². The highest BCUT2D eigenvalue weighted by Gasteiger charge is 2.35. The summed E-state index contributed by atoms with van der Waals surface area (Å²) in [5.41, 5.74) is 8.66. The van der Waals surface area contributed by atoms with Gasteiger partial charge in [-0.1, -0.05) is 97.6 Å². The number of amides is 3. The van der Waals surface area contributed by atoms with Crippen LogP contribution in [-0.2, 0) is 33.9 Å². The van der Waals surface area contributed by atoms with Crippen LogP contribution in [0.2, 0.25) is 5.02 Å². The molecule has 9 heteroatoms. The Bertz CT molecular complexity index is 1370. The van der Waals surface area contributed by atoms with Gasteiger partial charge in [0, 0.05) is 23.7 Å². The molecular weight excluding hydrogens is 550 g/mol. The van der Waals surface area contributed by atoms with Crippen molar-refractivity contribution in [1.29, 1.82) is 5.41 Å². The largest absolute Gasteiger partial charge is 0.384 e. The summed E-state index contributed by atoms with van der Waals surface area (Å²) in [6.45, 7) is 0.556. The zero-order chi connectivity index (χ0) is 29.9. The molecule has 1 aliphatic rings. The molecule has 0 spiro atoms. The quantitative estimate of drug-likeness (QED) is 0.121. The van der Waals surface area contributed by atoms with Crippen LogP contribution in [0.15, 0.2) is 78.9 Å². The third-order valence-corrected chi connectivity index (χ3v) is 7.94. The van der Waals surface area contributed by atoms with Gasteiger partial charge in [-0.15, -0.1) is 0 Å². The highest BCUT2D eigenvalue weighted by molar-refractivity contribution is 6.30. The van der Waals surface area contributed by atoms with Crippen LogP contribution >= 0.6 is 11.6 Å². The normalized spacial score (nSPS) is 14.8. The van der Waals surface area contributed by atoms with Crippen LogP contribution in [0.5, 0.6) is 0 Å². The lowest BCUT2D eigenvalue weighted by atomic mass is 9.83. The van der Waals surface area contributed by atoms with Crippen molar-refractivity contribution in [3.63, 3.8) is 0 Å². The average molecular weight is 588 g/mol. The van der Waals surface area contributed by atoms with Crippen molar-refractivity contribution in [2.45, 2.75) is 57.7 Å². The lowest BCUT2D eigenvalue weighted by molar-refractivity contribution is -0.138. The van der Waals surface area contributed by atoms with Gasteiger partial charge in [0.25, 0.3) is 0 Å². The molecule has 1 fully saturated rings. The Morgan fingerprint density at radius 2 is 1.43 bits per heavy atom. The summed E-state index contributed by atoms with van der Waals surface area (Å²) in [7, 11) is 0. The molecule has 0 radical (unpaired) electrons. The molecule has 220 valence electrons. The first-order valence-electron chi connectivity index (χ1n) is 14.4. The number of carbonyl (C=O) groups is 3. The molecule has 3 amide bonds. The maximum absolute atomic E-state index is 13.8. The third-order valence-electron chi connectivity index (χ3n) is 7.70. The molecule has 8 nitrogen and oxygen atoms in total. The Morgan fingerprint density at radius 3 is 2.10 bits per heavy atom. The maximum atomic E-state index is 13.8. The van der Waals surface area contributed by atoms with Gasteiger partial charge < -0.3 is 21.7 Å². The van der Waals surface area contributed by atoms with E-state index in [0.717, 1.165) is 48.8 Å². The van der Waals surface area contributed by atoms with Crippen LogP contribution in [0.3, 0.4) is 0 Å². The Kier molecular flexibility index (Phi) is 11.1. The van der Waals surface area contributed by atoms with Crippen molar-refractivity contribution in [3.8, 4) is 0 Å². The minimum atomic E-state index is -1.07. The second-order valence-corrected chi connectivity index (χ2v) is 11.2. The number of halogens is 1. The van der Waals surface area contributed by atoms with E-state index in [1.165, 1.54) is 0 Å². The number of nitrogen functional groups attached to an aromatic ring is 1. The van der Waals surface area contributed by atoms with Gasteiger partial charge in [0.2, 0.25) is 17.7 Å². The van der Waals surface area contributed by atoms with Crippen LogP contribution in [-0.4, -0.2) is 29.6 Å². The number of amidine groups is 1. The molecule has 42 heavy (non-hydrogen) atoms. The minimum absolute atomic E-state index is 0.0232. The molecule has 0 saturated heterocycles. The van der Waals surface area contributed by atoms with E-state index >= 15 is 0 Å². The molecule has 3 aromatic carbocycles. The van der Waals surface area contributed by atoms with Gasteiger partial charge in [-0.2, -0.15) is 0 Å². The third kappa shape index (κ3) is 8.91. The number of rotatable bonds is 12. The molecule has 6 N–H and O–H groups in total. The second kappa shape index (κ2) is 15.2. The Hall–Kier alpha value is -4.17. The molecule has 0 aromatic heterocycles. The fourth-order valence-electron chi connectivity index (χ4n) is 5.33. The summed E-state index contributed by atoms with van der Waals surface area (Å²) in [4.78, 5) is 40.8. The predicted octanol–water partition coefficient (Wildman–Crippen LogP) is 4.48. The molecule has 1 unspecified atom stereocenters. The molecule has 1 aliphatic carbocycles. The lowest BCUT2D eigenvalue weighted by Gasteiger charge is -2.31. The molecule has 0 bridgehead atoms. The van der Waals surface area contributed by atoms with Gasteiger partial charge >= 0.3 is 0 Å². The standard InChI is InChI=1S/C33H38ClN5O3/c34-27-13-7-10-24(18-27)21-38-33(42)29(25-11-5-2-6-12-25)39-32(41)28(19-22-14-16-26(17-15-22)30(35)36)31(40)37-20-23-8-3-1-4-9-23/h1,3-4,7-10,13-18,25,28-29H,2,5-6,11-12,19-21H2,(H3,35,36)(H,37,40)(H,38,42)(H,39,41)/t28?,29-/m0/s1. The highest BCUT2D eigenvalue weighted by Crippen LogP contribution is 2.27. The first kappa shape index (κ1) is 30.8. The van der Waals surface area contributed by atoms with Crippen LogP contribution in [0, 0.1) is 17.2 Å². The number of carbonyl (C=O) groups excluding carboxylic acids is 3. The molecule has 0 aliphatic heterocycles. The summed E-state index contributed by atoms with van der Waals surface area (Å²) in [5, 5.41) is 17.1. The smallest absolute Gasteiger partial charge is 0.243 e. The summed E-state index contributed by atoms with van der Waals surface area (Å²) >= 11 is 6.11. The predicted molar refractivity (Wildman–Crippen MR) is 165 cm³/mol. The van der Waals surface area contributed by atoms with Crippen LogP contribution in [0.1, 0.15) is 54.4 Å². The molecule has 4 rings (SSSR count). The van der Waals surface area contributed by atoms with E-state index in [4.69, 9.17) is 22.7 Å². The summed E-state index contributed by atoms with van der Waals surface area (Å²) in [6, 6.07) is 22.9. The van der Waals surface area contributed by atoms with E-state index in [1.807, 2.05) is 42.5 Å². The van der Waals surface area contributed by atoms with Gasteiger partial charge in [-0.3, -0.25) is 19.8 Å². The fraction of sp³-hybridized carbons (Fsp3) is 0.333. The minimum Gasteiger partial charge on any atom is -0.384 e. The Balaban J connectivity index is 1.52. The van der Waals surface area contributed by atoms with Crippen molar-refractivity contribution >= 4 is 35.2 Å². The zero-order valence-electron chi connectivity index (χ0n) is 23.6. The summed E-state index contributed by atoms with van der Waals surface area (Å²) in [6.07, 6.45) is 4.86. The van der Waals surface area contributed by atoms with Crippen molar-refractivity contribution in [1.82, 2.24) is 16.0 Å². The van der Waals surface area contributed by atoms with Gasteiger partial charge in [0.05, 0.1) is 0 Å². The molecular formula is C33H38ClN5O3. The van der Waals surface area contributed by atoms with Crippen molar-refractivity contribution in [2.24, 2.45) is 17.6 Å². The van der Waals surface area contributed by atoms with Gasteiger partial charge in [-0.25, -0.2) is 0 Å². The van der Waals surface area contributed by atoms with Crippen molar-refractivity contribution < 1.29 is 14.4 Å². The number of nitrogens with two attached hydrogens (primary N) is 1. The zero-order valence-corrected chi connectivity index (χ0v) is 24.3. The first-order chi connectivity index (χ1) is 20.3. The molecule has 0 heterocycles. The molecule has 2 atom stereocenters. The van der Waals surface area contributed by atoms with E-state index in [0.29, 0.717) is 10.6 Å². The molecule has 3 aromatic rings. The van der Waals surface area contributed by atoms with Gasteiger partial charge in [-0.05, 0) is 54.0 Å². The number of nitrogens with one attached hydrogen (secondary N) is 4. The Labute approximate surface area is 251 Å². The van der Waals surface area contributed by atoms with E-state index in [1.54, 1.807) is 36.4 Å². The highest BCUT2D eigenvalue weighted by atomic mass is 35.5. The van der Waals surface area contributed by atoms with Crippen molar-refractivity contribution in [3.05, 3.63) is 106 Å². The van der Waals surface area contributed by atoms with E-state index < -0.39 is 23.8 Å².